The number of methoxy groups -OCH3 is 1. The van der Waals surface area contributed by atoms with Crippen LogP contribution in [0.15, 0.2) is 36.5 Å². The molecule has 0 saturated carbocycles. The van der Waals surface area contributed by atoms with E-state index in [0.717, 1.165) is 17.5 Å². The minimum Gasteiger partial charge on any atom is -0.465 e. The van der Waals surface area contributed by atoms with E-state index in [0.29, 0.717) is 5.56 Å². The maximum atomic E-state index is 11.6. The lowest BCUT2D eigenvalue weighted by molar-refractivity contribution is 0.0601. The van der Waals surface area contributed by atoms with E-state index >= 15 is 0 Å². The van der Waals surface area contributed by atoms with Crippen LogP contribution in [0.25, 0.3) is 11.1 Å². The van der Waals surface area contributed by atoms with Crippen molar-refractivity contribution in [1.29, 1.82) is 0 Å². The summed E-state index contributed by atoms with van der Waals surface area (Å²) in [7, 11) is 1.32. The molecule has 0 atom stereocenters. The number of anilines is 1. The summed E-state index contributed by atoms with van der Waals surface area (Å²) in [6, 6.07) is 9.84. The molecule has 1 aromatic carbocycles. The number of nitrogens with zero attached hydrogens (tertiary/aromatic N) is 1. The number of esters is 1. The zero-order chi connectivity index (χ0) is 13.8. The number of nitrogen functional groups attached to an aromatic ring is 1. The summed E-state index contributed by atoms with van der Waals surface area (Å²) in [6.07, 6.45) is 2.65. The second-order valence-electron chi connectivity index (χ2n) is 4.20. The van der Waals surface area contributed by atoms with Crippen LogP contribution in [0, 0.1) is 0 Å². The minimum atomic E-state index is -0.475. The SMILES string of the molecule is CCc1ccc(-c2cnc(N)c(C(=O)OC)c2)cc1. The van der Waals surface area contributed by atoms with Crippen LogP contribution >= 0.6 is 0 Å². The number of hydrogen-bond acceptors (Lipinski definition) is 4. The van der Waals surface area contributed by atoms with Gasteiger partial charge in [-0.15, -0.1) is 0 Å². The largest absolute Gasteiger partial charge is 0.465 e. The number of carbonyl (C=O) groups is 1. The Morgan fingerprint density at radius 2 is 1.95 bits per heavy atom. The molecule has 2 aromatic rings. The summed E-state index contributed by atoms with van der Waals surface area (Å²) in [6.45, 7) is 2.11. The molecule has 4 heteroatoms. The van der Waals surface area contributed by atoms with E-state index in [4.69, 9.17) is 5.73 Å². The zero-order valence-electron chi connectivity index (χ0n) is 11.0. The van der Waals surface area contributed by atoms with Gasteiger partial charge in [-0.05, 0) is 23.6 Å². The predicted octanol–water partition coefficient (Wildman–Crippen LogP) is 2.68. The van der Waals surface area contributed by atoms with Crippen LogP contribution in [-0.2, 0) is 11.2 Å². The Labute approximate surface area is 112 Å². The van der Waals surface area contributed by atoms with E-state index in [-0.39, 0.29) is 5.82 Å². The number of aryl methyl sites for hydroxylation is 1. The Bertz CT molecular complexity index is 592. The first-order valence-corrected chi connectivity index (χ1v) is 6.09. The van der Waals surface area contributed by atoms with Gasteiger partial charge in [0.2, 0.25) is 0 Å². The molecule has 0 bridgehead atoms. The standard InChI is InChI=1S/C15H16N2O2/c1-3-10-4-6-11(7-5-10)12-8-13(15(18)19-2)14(16)17-9-12/h4-9H,3H2,1-2H3,(H2,16,17). The van der Waals surface area contributed by atoms with Gasteiger partial charge < -0.3 is 10.5 Å². The zero-order valence-corrected chi connectivity index (χ0v) is 11.0. The molecule has 0 fully saturated rings. The Balaban J connectivity index is 2.42. The number of carbonyl (C=O) groups excluding carboxylic acids is 1. The molecule has 0 aliphatic carbocycles. The first kappa shape index (κ1) is 13.1. The van der Waals surface area contributed by atoms with E-state index < -0.39 is 5.97 Å². The van der Waals surface area contributed by atoms with Gasteiger partial charge in [-0.25, -0.2) is 9.78 Å². The van der Waals surface area contributed by atoms with Crippen molar-refractivity contribution in [3.05, 3.63) is 47.7 Å². The lowest BCUT2D eigenvalue weighted by Crippen LogP contribution is -2.07. The summed E-state index contributed by atoms with van der Waals surface area (Å²) in [5.41, 5.74) is 9.07. The molecule has 2 N–H and O–H groups in total. The van der Waals surface area contributed by atoms with Gasteiger partial charge in [-0.1, -0.05) is 31.2 Å². The van der Waals surface area contributed by atoms with Crippen molar-refractivity contribution in [3.8, 4) is 11.1 Å². The predicted molar refractivity (Wildman–Crippen MR) is 74.8 cm³/mol. The van der Waals surface area contributed by atoms with Gasteiger partial charge >= 0.3 is 5.97 Å². The van der Waals surface area contributed by atoms with Crippen molar-refractivity contribution < 1.29 is 9.53 Å². The summed E-state index contributed by atoms with van der Waals surface area (Å²) in [4.78, 5) is 15.6. The Kier molecular flexibility index (Phi) is 3.80. The smallest absolute Gasteiger partial charge is 0.341 e. The summed E-state index contributed by atoms with van der Waals surface area (Å²) in [5.74, 6) is -0.294. The van der Waals surface area contributed by atoms with Gasteiger partial charge in [-0.3, -0.25) is 0 Å². The van der Waals surface area contributed by atoms with Crippen molar-refractivity contribution in [2.75, 3.05) is 12.8 Å². The Morgan fingerprint density at radius 1 is 1.26 bits per heavy atom. The Morgan fingerprint density at radius 3 is 2.53 bits per heavy atom. The molecule has 1 heterocycles. The van der Waals surface area contributed by atoms with Crippen LogP contribution in [0.4, 0.5) is 5.82 Å². The van der Waals surface area contributed by atoms with Crippen molar-refractivity contribution in [1.82, 2.24) is 4.98 Å². The van der Waals surface area contributed by atoms with Gasteiger partial charge in [0, 0.05) is 11.8 Å². The maximum Gasteiger partial charge on any atom is 0.341 e. The number of ether oxygens (including phenoxy) is 1. The van der Waals surface area contributed by atoms with Crippen LogP contribution in [0.5, 0.6) is 0 Å². The lowest BCUT2D eigenvalue weighted by atomic mass is 10.0. The molecule has 0 aliphatic heterocycles. The molecule has 2 rings (SSSR count). The van der Waals surface area contributed by atoms with Crippen LogP contribution in [0.2, 0.25) is 0 Å². The third-order valence-corrected chi connectivity index (χ3v) is 3.02. The van der Waals surface area contributed by atoms with Gasteiger partial charge in [0.15, 0.2) is 0 Å². The van der Waals surface area contributed by atoms with E-state index in [1.165, 1.54) is 12.7 Å². The maximum absolute atomic E-state index is 11.6. The molecule has 19 heavy (non-hydrogen) atoms. The average molecular weight is 256 g/mol. The quantitative estimate of drug-likeness (QED) is 0.857. The summed E-state index contributed by atoms with van der Waals surface area (Å²) >= 11 is 0. The normalized spacial score (nSPS) is 10.2. The van der Waals surface area contributed by atoms with Crippen molar-refractivity contribution in [3.63, 3.8) is 0 Å². The van der Waals surface area contributed by atoms with Gasteiger partial charge in [0.25, 0.3) is 0 Å². The van der Waals surface area contributed by atoms with Crippen molar-refractivity contribution >= 4 is 11.8 Å². The highest BCUT2D eigenvalue weighted by Crippen LogP contribution is 2.23. The second kappa shape index (κ2) is 5.52. The molecule has 0 aliphatic rings. The fourth-order valence-corrected chi connectivity index (χ4v) is 1.84. The van der Waals surface area contributed by atoms with Crippen LogP contribution in [0.3, 0.4) is 0 Å². The van der Waals surface area contributed by atoms with Gasteiger partial charge in [0.05, 0.1) is 7.11 Å². The minimum absolute atomic E-state index is 0.181. The van der Waals surface area contributed by atoms with E-state index in [2.05, 4.69) is 28.8 Å². The highest BCUT2D eigenvalue weighted by Gasteiger charge is 2.12. The Hall–Kier alpha value is -2.36. The van der Waals surface area contributed by atoms with Crippen molar-refractivity contribution in [2.24, 2.45) is 0 Å². The van der Waals surface area contributed by atoms with E-state index in [9.17, 15) is 4.79 Å². The lowest BCUT2D eigenvalue weighted by Gasteiger charge is -2.07. The third kappa shape index (κ3) is 2.73. The topological polar surface area (TPSA) is 65.2 Å². The number of aromatic nitrogens is 1. The van der Waals surface area contributed by atoms with Crippen molar-refractivity contribution in [2.45, 2.75) is 13.3 Å². The highest BCUT2D eigenvalue weighted by molar-refractivity contribution is 5.95. The number of nitrogens with two attached hydrogens (primary N) is 1. The first-order valence-electron chi connectivity index (χ1n) is 6.09. The molecule has 4 nitrogen and oxygen atoms in total. The number of hydrogen-bond donors (Lipinski definition) is 1. The summed E-state index contributed by atoms with van der Waals surface area (Å²) in [5, 5.41) is 0. The number of rotatable bonds is 3. The van der Waals surface area contributed by atoms with E-state index in [1.807, 2.05) is 12.1 Å². The van der Waals surface area contributed by atoms with Crippen LogP contribution in [0.1, 0.15) is 22.8 Å². The average Bonchev–Trinajstić information content (AvgIpc) is 2.47. The molecule has 0 amide bonds. The molecule has 98 valence electrons. The number of benzene rings is 1. The first-order chi connectivity index (χ1) is 9.15. The molecule has 0 radical (unpaired) electrons. The molecule has 1 aromatic heterocycles. The highest BCUT2D eigenvalue weighted by atomic mass is 16.5. The van der Waals surface area contributed by atoms with Gasteiger partial charge in [0.1, 0.15) is 11.4 Å². The molecular weight excluding hydrogens is 240 g/mol. The fourth-order valence-electron chi connectivity index (χ4n) is 1.84. The molecule has 0 saturated heterocycles. The molecule has 0 unspecified atom stereocenters. The number of pyridine rings is 1. The van der Waals surface area contributed by atoms with E-state index in [1.54, 1.807) is 12.3 Å². The molecular formula is C15H16N2O2. The summed E-state index contributed by atoms with van der Waals surface area (Å²) < 4.78 is 4.69. The van der Waals surface area contributed by atoms with Crippen LogP contribution in [-0.4, -0.2) is 18.1 Å². The second-order valence-corrected chi connectivity index (χ2v) is 4.20. The third-order valence-electron chi connectivity index (χ3n) is 3.02. The fraction of sp³-hybridized carbons (Fsp3) is 0.200. The molecule has 0 spiro atoms. The monoisotopic (exact) mass is 256 g/mol. The van der Waals surface area contributed by atoms with Gasteiger partial charge in [-0.2, -0.15) is 0 Å². The van der Waals surface area contributed by atoms with Crippen LogP contribution < -0.4 is 5.73 Å².